The van der Waals surface area contributed by atoms with Gasteiger partial charge in [-0.3, -0.25) is 4.79 Å². The van der Waals surface area contributed by atoms with E-state index in [0.717, 1.165) is 25.8 Å². The van der Waals surface area contributed by atoms with Crippen LogP contribution in [0.3, 0.4) is 0 Å². The first-order chi connectivity index (χ1) is 6.81. The van der Waals surface area contributed by atoms with Crippen molar-refractivity contribution in [2.75, 3.05) is 6.54 Å². The predicted octanol–water partition coefficient (Wildman–Crippen LogP) is 2.06. The summed E-state index contributed by atoms with van der Waals surface area (Å²) in [5.41, 5.74) is 5.89. The Labute approximate surface area is 93.8 Å². The van der Waals surface area contributed by atoms with Crippen LogP contribution in [0.25, 0.3) is 0 Å². The van der Waals surface area contributed by atoms with Crippen LogP contribution in [0.5, 0.6) is 0 Å². The summed E-state index contributed by atoms with van der Waals surface area (Å²) in [5.74, 6) is 0.153. The van der Waals surface area contributed by atoms with Gasteiger partial charge in [0.2, 0.25) is 5.91 Å². The molecule has 0 fully saturated rings. The van der Waals surface area contributed by atoms with E-state index in [2.05, 4.69) is 26.1 Å². The van der Waals surface area contributed by atoms with E-state index in [1.165, 1.54) is 0 Å². The number of amides is 1. The standard InChI is InChI=1S/C12H26N2O/c1-10(13)6-5-7-11(15)14-9-8-12(2,3)4/h10H,5-9,13H2,1-4H3,(H,14,15). The highest BCUT2D eigenvalue weighted by molar-refractivity contribution is 5.75. The molecule has 3 N–H and O–H groups in total. The minimum Gasteiger partial charge on any atom is -0.356 e. The molecule has 0 radical (unpaired) electrons. The van der Waals surface area contributed by atoms with Gasteiger partial charge in [0.1, 0.15) is 0 Å². The topological polar surface area (TPSA) is 55.1 Å². The molecule has 15 heavy (non-hydrogen) atoms. The van der Waals surface area contributed by atoms with Crippen molar-refractivity contribution < 1.29 is 4.79 Å². The molecular weight excluding hydrogens is 188 g/mol. The van der Waals surface area contributed by atoms with Gasteiger partial charge in [0.25, 0.3) is 0 Å². The molecule has 1 unspecified atom stereocenters. The molecule has 3 nitrogen and oxygen atoms in total. The first-order valence-corrected chi connectivity index (χ1v) is 5.83. The Bertz CT molecular complexity index is 183. The second-order valence-electron chi connectivity index (χ2n) is 5.53. The van der Waals surface area contributed by atoms with Crippen LogP contribution in [0.2, 0.25) is 0 Å². The van der Waals surface area contributed by atoms with Gasteiger partial charge in [0.05, 0.1) is 0 Å². The van der Waals surface area contributed by atoms with E-state index >= 15 is 0 Å². The summed E-state index contributed by atoms with van der Waals surface area (Å²) in [7, 11) is 0. The highest BCUT2D eigenvalue weighted by atomic mass is 16.1. The highest BCUT2D eigenvalue weighted by Gasteiger charge is 2.10. The Morgan fingerprint density at radius 3 is 2.47 bits per heavy atom. The fourth-order valence-electron chi connectivity index (χ4n) is 1.25. The summed E-state index contributed by atoms with van der Waals surface area (Å²) < 4.78 is 0. The zero-order chi connectivity index (χ0) is 11.9. The van der Waals surface area contributed by atoms with Crippen molar-refractivity contribution >= 4 is 5.91 Å². The first kappa shape index (κ1) is 14.4. The van der Waals surface area contributed by atoms with Gasteiger partial charge in [0.15, 0.2) is 0 Å². The molecule has 0 saturated carbocycles. The van der Waals surface area contributed by atoms with Crippen molar-refractivity contribution in [2.45, 2.75) is 59.4 Å². The van der Waals surface area contributed by atoms with Crippen molar-refractivity contribution in [1.29, 1.82) is 0 Å². The largest absolute Gasteiger partial charge is 0.356 e. The third kappa shape index (κ3) is 11.4. The Morgan fingerprint density at radius 1 is 1.40 bits per heavy atom. The number of carbonyl (C=O) groups excluding carboxylic acids is 1. The summed E-state index contributed by atoms with van der Waals surface area (Å²) in [4.78, 5) is 11.4. The number of carbonyl (C=O) groups is 1. The number of hydrogen-bond donors (Lipinski definition) is 2. The molecule has 0 bridgehead atoms. The second kappa shape index (κ2) is 6.83. The Balaban J connectivity index is 3.42. The zero-order valence-corrected chi connectivity index (χ0v) is 10.6. The molecule has 0 aromatic heterocycles. The molecule has 0 aliphatic rings. The van der Waals surface area contributed by atoms with E-state index < -0.39 is 0 Å². The van der Waals surface area contributed by atoms with E-state index in [1.54, 1.807) is 0 Å². The van der Waals surface area contributed by atoms with Crippen molar-refractivity contribution in [2.24, 2.45) is 11.1 Å². The van der Waals surface area contributed by atoms with Crippen LogP contribution in [-0.4, -0.2) is 18.5 Å². The normalized spacial score (nSPS) is 13.7. The average Bonchev–Trinajstić information content (AvgIpc) is 2.00. The van der Waals surface area contributed by atoms with Crippen molar-refractivity contribution in [3.63, 3.8) is 0 Å². The lowest BCUT2D eigenvalue weighted by Gasteiger charge is -2.18. The molecule has 1 atom stereocenters. The van der Waals surface area contributed by atoms with Gasteiger partial charge in [-0.15, -0.1) is 0 Å². The lowest BCUT2D eigenvalue weighted by atomic mass is 9.92. The maximum atomic E-state index is 11.4. The molecule has 0 heterocycles. The smallest absolute Gasteiger partial charge is 0.219 e. The van der Waals surface area contributed by atoms with Gasteiger partial charge in [-0.25, -0.2) is 0 Å². The maximum Gasteiger partial charge on any atom is 0.219 e. The van der Waals surface area contributed by atoms with E-state index in [4.69, 9.17) is 5.73 Å². The van der Waals surface area contributed by atoms with Crippen LogP contribution in [-0.2, 0) is 4.79 Å². The van der Waals surface area contributed by atoms with Crippen LogP contribution in [0.4, 0.5) is 0 Å². The van der Waals surface area contributed by atoms with E-state index in [1.807, 2.05) is 6.92 Å². The molecular formula is C12H26N2O. The molecule has 3 heteroatoms. The summed E-state index contributed by atoms with van der Waals surface area (Å²) in [5, 5.41) is 2.93. The lowest BCUT2D eigenvalue weighted by molar-refractivity contribution is -0.121. The highest BCUT2D eigenvalue weighted by Crippen LogP contribution is 2.16. The minimum absolute atomic E-state index is 0.153. The van der Waals surface area contributed by atoms with Crippen LogP contribution < -0.4 is 11.1 Å². The number of hydrogen-bond acceptors (Lipinski definition) is 2. The Kier molecular flexibility index (Phi) is 6.57. The van der Waals surface area contributed by atoms with E-state index in [-0.39, 0.29) is 11.9 Å². The quantitative estimate of drug-likeness (QED) is 0.711. The van der Waals surface area contributed by atoms with Crippen LogP contribution in [0, 0.1) is 5.41 Å². The van der Waals surface area contributed by atoms with E-state index in [0.29, 0.717) is 11.8 Å². The van der Waals surface area contributed by atoms with Crippen molar-refractivity contribution in [3.8, 4) is 0 Å². The Hall–Kier alpha value is -0.570. The van der Waals surface area contributed by atoms with Gasteiger partial charge < -0.3 is 11.1 Å². The average molecular weight is 214 g/mol. The van der Waals surface area contributed by atoms with Gasteiger partial charge in [-0.1, -0.05) is 20.8 Å². The lowest BCUT2D eigenvalue weighted by Crippen LogP contribution is -2.27. The molecule has 1 amide bonds. The summed E-state index contributed by atoms with van der Waals surface area (Å²) >= 11 is 0. The van der Waals surface area contributed by atoms with Gasteiger partial charge in [0, 0.05) is 19.0 Å². The first-order valence-electron chi connectivity index (χ1n) is 5.83. The summed E-state index contributed by atoms with van der Waals surface area (Å²) in [6.45, 7) is 9.28. The number of nitrogens with two attached hydrogens (primary N) is 1. The zero-order valence-electron chi connectivity index (χ0n) is 10.6. The monoisotopic (exact) mass is 214 g/mol. The number of rotatable bonds is 6. The SMILES string of the molecule is CC(N)CCCC(=O)NCCC(C)(C)C. The molecule has 0 aromatic rings. The molecule has 0 aliphatic carbocycles. The fraction of sp³-hybridized carbons (Fsp3) is 0.917. The van der Waals surface area contributed by atoms with Crippen molar-refractivity contribution in [3.05, 3.63) is 0 Å². The van der Waals surface area contributed by atoms with Gasteiger partial charge >= 0.3 is 0 Å². The molecule has 0 aliphatic heterocycles. The molecule has 0 aromatic carbocycles. The predicted molar refractivity (Wildman–Crippen MR) is 64.6 cm³/mol. The van der Waals surface area contributed by atoms with Crippen LogP contribution in [0.15, 0.2) is 0 Å². The van der Waals surface area contributed by atoms with Crippen molar-refractivity contribution in [1.82, 2.24) is 5.32 Å². The number of nitrogens with one attached hydrogen (secondary N) is 1. The van der Waals surface area contributed by atoms with E-state index in [9.17, 15) is 4.79 Å². The summed E-state index contributed by atoms with van der Waals surface area (Å²) in [6.07, 6.45) is 3.43. The van der Waals surface area contributed by atoms with Gasteiger partial charge in [-0.2, -0.15) is 0 Å². The summed E-state index contributed by atoms with van der Waals surface area (Å²) in [6, 6.07) is 0.201. The molecule has 0 spiro atoms. The van der Waals surface area contributed by atoms with Gasteiger partial charge in [-0.05, 0) is 31.6 Å². The molecule has 0 saturated heterocycles. The Morgan fingerprint density at radius 2 is 2.00 bits per heavy atom. The third-order valence-electron chi connectivity index (χ3n) is 2.26. The molecule has 0 rings (SSSR count). The third-order valence-corrected chi connectivity index (χ3v) is 2.26. The van der Waals surface area contributed by atoms with Crippen LogP contribution >= 0.6 is 0 Å². The molecule has 90 valence electrons. The second-order valence-corrected chi connectivity index (χ2v) is 5.53. The van der Waals surface area contributed by atoms with Crippen LogP contribution in [0.1, 0.15) is 53.4 Å². The fourth-order valence-corrected chi connectivity index (χ4v) is 1.25. The minimum atomic E-state index is 0.153. The maximum absolute atomic E-state index is 11.4.